The van der Waals surface area contributed by atoms with Crippen LogP contribution >= 0.6 is 0 Å². The van der Waals surface area contributed by atoms with Crippen molar-refractivity contribution in [2.75, 3.05) is 0 Å². The Morgan fingerprint density at radius 1 is 1.14 bits per heavy atom. The van der Waals surface area contributed by atoms with Crippen molar-refractivity contribution < 1.29 is 9.18 Å². The summed E-state index contributed by atoms with van der Waals surface area (Å²) in [5.74, 6) is -0.546. The molecule has 104 valence electrons. The van der Waals surface area contributed by atoms with Crippen LogP contribution in [0.1, 0.15) is 34.3 Å². The second-order valence-corrected chi connectivity index (χ2v) is 5.21. The van der Waals surface area contributed by atoms with Gasteiger partial charge < -0.3 is 5.32 Å². The van der Waals surface area contributed by atoms with E-state index in [1.165, 1.54) is 6.07 Å². The van der Waals surface area contributed by atoms with Crippen LogP contribution in [0.25, 0.3) is 0 Å². The van der Waals surface area contributed by atoms with Crippen LogP contribution in [-0.4, -0.2) is 5.91 Å². The Hall–Kier alpha value is -2.67. The third kappa shape index (κ3) is 2.50. The Balaban J connectivity index is 1.81. The van der Waals surface area contributed by atoms with Crippen molar-refractivity contribution in [3.63, 3.8) is 0 Å². The maximum atomic E-state index is 13.9. The molecule has 3 rings (SSSR count). The van der Waals surface area contributed by atoms with Gasteiger partial charge in [0.05, 0.1) is 17.2 Å². The summed E-state index contributed by atoms with van der Waals surface area (Å²) in [6.45, 7) is 0. The van der Waals surface area contributed by atoms with E-state index in [0.29, 0.717) is 16.7 Å². The van der Waals surface area contributed by atoms with Gasteiger partial charge in [-0.1, -0.05) is 18.2 Å². The quantitative estimate of drug-likeness (QED) is 0.939. The normalized spacial score (nSPS) is 15.0. The van der Waals surface area contributed by atoms with Gasteiger partial charge in [-0.15, -0.1) is 0 Å². The minimum absolute atomic E-state index is 0.250. The van der Waals surface area contributed by atoms with Crippen molar-refractivity contribution in [2.45, 2.75) is 18.4 Å². The highest BCUT2D eigenvalue weighted by Crippen LogP contribution is 2.46. The molecule has 0 unspecified atom stereocenters. The van der Waals surface area contributed by atoms with Crippen molar-refractivity contribution in [1.82, 2.24) is 5.32 Å². The van der Waals surface area contributed by atoms with Gasteiger partial charge in [0.2, 0.25) is 0 Å². The SMILES string of the molecule is N#Cc1ccc(C(=O)NC2(c3ccccc3F)CC2)cc1. The molecule has 0 heterocycles. The summed E-state index contributed by atoms with van der Waals surface area (Å²) in [4.78, 5) is 12.3. The van der Waals surface area contributed by atoms with Gasteiger partial charge in [0.1, 0.15) is 5.82 Å². The Labute approximate surface area is 122 Å². The summed E-state index contributed by atoms with van der Waals surface area (Å²) in [7, 11) is 0. The summed E-state index contributed by atoms with van der Waals surface area (Å²) in [5.41, 5.74) is 0.918. The van der Waals surface area contributed by atoms with Crippen LogP contribution in [0.2, 0.25) is 0 Å². The maximum absolute atomic E-state index is 13.9. The van der Waals surface area contributed by atoms with E-state index in [2.05, 4.69) is 5.32 Å². The molecule has 1 amide bonds. The lowest BCUT2D eigenvalue weighted by molar-refractivity contribution is 0.0930. The number of carbonyl (C=O) groups is 1. The van der Waals surface area contributed by atoms with Crippen LogP contribution < -0.4 is 5.32 Å². The van der Waals surface area contributed by atoms with Gasteiger partial charge in [-0.3, -0.25) is 4.79 Å². The highest BCUT2D eigenvalue weighted by Gasteiger charge is 2.47. The number of hydrogen-bond donors (Lipinski definition) is 1. The number of nitriles is 1. The zero-order valence-corrected chi connectivity index (χ0v) is 11.3. The lowest BCUT2D eigenvalue weighted by Crippen LogP contribution is -2.35. The Bertz CT molecular complexity index is 727. The Morgan fingerprint density at radius 3 is 2.38 bits per heavy atom. The van der Waals surface area contributed by atoms with Gasteiger partial charge in [-0.2, -0.15) is 5.26 Å². The Kier molecular flexibility index (Phi) is 3.19. The van der Waals surface area contributed by atoms with Gasteiger partial charge in [0.25, 0.3) is 5.91 Å². The molecule has 4 heteroatoms. The fraction of sp³-hybridized carbons (Fsp3) is 0.176. The molecule has 0 spiro atoms. The van der Waals surface area contributed by atoms with Gasteiger partial charge in [0, 0.05) is 11.1 Å². The molecule has 0 saturated heterocycles. The van der Waals surface area contributed by atoms with E-state index in [9.17, 15) is 9.18 Å². The van der Waals surface area contributed by atoms with Crippen molar-refractivity contribution >= 4 is 5.91 Å². The van der Waals surface area contributed by atoms with Crippen LogP contribution in [0.4, 0.5) is 4.39 Å². The smallest absolute Gasteiger partial charge is 0.251 e. The van der Waals surface area contributed by atoms with Gasteiger partial charge in [-0.25, -0.2) is 4.39 Å². The number of carbonyl (C=O) groups excluding carboxylic acids is 1. The van der Waals surface area contributed by atoms with Crippen LogP contribution in [0.3, 0.4) is 0 Å². The number of rotatable bonds is 3. The van der Waals surface area contributed by atoms with Crippen LogP contribution in [0, 0.1) is 17.1 Å². The van der Waals surface area contributed by atoms with E-state index in [1.807, 2.05) is 6.07 Å². The predicted octanol–water partition coefficient (Wildman–Crippen LogP) is 3.12. The van der Waals surface area contributed by atoms with Gasteiger partial charge in [-0.05, 0) is 43.2 Å². The molecule has 1 fully saturated rings. The first-order chi connectivity index (χ1) is 10.1. The first kappa shape index (κ1) is 13.3. The predicted molar refractivity (Wildman–Crippen MR) is 75.9 cm³/mol. The average molecular weight is 280 g/mol. The van der Waals surface area contributed by atoms with E-state index in [4.69, 9.17) is 5.26 Å². The molecule has 2 aromatic rings. The highest BCUT2D eigenvalue weighted by atomic mass is 19.1. The zero-order chi connectivity index (χ0) is 14.9. The number of amides is 1. The highest BCUT2D eigenvalue weighted by molar-refractivity contribution is 5.95. The molecule has 2 aromatic carbocycles. The molecule has 0 bridgehead atoms. The van der Waals surface area contributed by atoms with Gasteiger partial charge in [0.15, 0.2) is 0 Å². The number of nitrogens with zero attached hydrogens (tertiary/aromatic N) is 1. The van der Waals surface area contributed by atoms with E-state index in [1.54, 1.807) is 42.5 Å². The summed E-state index contributed by atoms with van der Waals surface area (Å²) in [6, 6.07) is 14.9. The van der Waals surface area contributed by atoms with E-state index in [0.717, 1.165) is 12.8 Å². The Morgan fingerprint density at radius 2 is 1.81 bits per heavy atom. The number of halogens is 1. The number of nitrogens with one attached hydrogen (secondary N) is 1. The minimum Gasteiger partial charge on any atom is -0.342 e. The fourth-order valence-corrected chi connectivity index (χ4v) is 2.42. The standard InChI is InChI=1S/C17H13FN2O/c18-15-4-2-1-3-14(15)17(9-10-17)20-16(21)13-7-5-12(11-19)6-8-13/h1-8H,9-10H2,(H,20,21). The molecule has 21 heavy (non-hydrogen) atoms. The summed E-state index contributed by atoms with van der Waals surface area (Å²) >= 11 is 0. The molecular formula is C17H13FN2O. The lowest BCUT2D eigenvalue weighted by Gasteiger charge is -2.18. The van der Waals surface area contributed by atoms with Crippen LogP contribution in [0.5, 0.6) is 0 Å². The summed E-state index contributed by atoms with van der Waals surface area (Å²) in [5, 5.41) is 11.7. The first-order valence-corrected chi connectivity index (χ1v) is 6.72. The molecule has 1 N–H and O–H groups in total. The van der Waals surface area contributed by atoms with E-state index < -0.39 is 5.54 Å². The average Bonchev–Trinajstić information content (AvgIpc) is 3.28. The number of hydrogen-bond acceptors (Lipinski definition) is 2. The molecule has 1 saturated carbocycles. The maximum Gasteiger partial charge on any atom is 0.251 e. The molecular weight excluding hydrogens is 267 g/mol. The molecule has 0 aromatic heterocycles. The monoisotopic (exact) mass is 280 g/mol. The molecule has 0 atom stereocenters. The number of benzene rings is 2. The summed E-state index contributed by atoms with van der Waals surface area (Å²) < 4.78 is 13.9. The van der Waals surface area contributed by atoms with Crippen molar-refractivity contribution in [1.29, 1.82) is 5.26 Å². The molecule has 0 radical (unpaired) electrons. The third-order valence-corrected chi connectivity index (χ3v) is 3.77. The second-order valence-electron chi connectivity index (χ2n) is 5.21. The van der Waals surface area contributed by atoms with Crippen molar-refractivity contribution in [3.8, 4) is 6.07 Å². The lowest BCUT2D eigenvalue weighted by atomic mass is 10.0. The third-order valence-electron chi connectivity index (χ3n) is 3.77. The van der Waals surface area contributed by atoms with E-state index in [-0.39, 0.29) is 11.7 Å². The van der Waals surface area contributed by atoms with Crippen LogP contribution in [0.15, 0.2) is 48.5 Å². The van der Waals surface area contributed by atoms with Gasteiger partial charge >= 0.3 is 0 Å². The zero-order valence-electron chi connectivity index (χ0n) is 11.3. The second kappa shape index (κ2) is 5.02. The topological polar surface area (TPSA) is 52.9 Å². The molecule has 1 aliphatic carbocycles. The minimum atomic E-state index is -0.587. The largest absolute Gasteiger partial charge is 0.342 e. The molecule has 1 aliphatic rings. The van der Waals surface area contributed by atoms with E-state index >= 15 is 0 Å². The fourth-order valence-electron chi connectivity index (χ4n) is 2.42. The van der Waals surface area contributed by atoms with Crippen LogP contribution in [-0.2, 0) is 5.54 Å². The first-order valence-electron chi connectivity index (χ1n) is 6.72. The summed E-state index contributed by atoms with van der Waals surface area (Å²) in [6.07, 6.45) is 1.46. The van der Waals surface area contributed by atoms with Crippen molar-refractivity contribution in [3.05, 3.63) is 71.0 Å². The molecule has 3 nitrogen and oxygen atoms in total. The molecule has 0 aliphatic heterocycles. The van der Waals surface area contributed by atoms with Crippen molar-refractivity contribution in [2.24, 2.45) is 0 Å².